The van der Waals surface area contributed by atoms with Gasteiger partial charge in [-0.1, -0.05) is 18.2 Å². The SMILES string of the molecule is CCCOc1cccc(NC(=O)c2cn(CCN)nn2)c1. The lowest BCUT2D eigenvalue weighted by Gasteiger charge is -2.07. The van der Waals surface area contributed by atoms with Crippen molar-refractivity contribution < 1.29 is 9.53 Å². The Hall–Kier alpha value is -2.41. The minimum Gasteiger partial charge on any atom is -0.494 e. The highest BCUT2D eigenvalue weighted by Gasteiger charge is 2.11. The van der Waals surface area contributed by atoms with Gasteiger partial charge in [0.15, 0.2) is 5.69 Å². The quantitative estimate of drug-likeness (QED) is 0.800. The van der Waals surface area contributed by atoms with Crippen LogP contribution in [0, 0.1) is 0 Å². The van der Waals surface area contributed by atoms with E-state index in [2.05, 4.69) is 15.6 Å². The molecule has 1 aromatic heterocycles. The molecule has 7 heteroatoms. The number of nitrogens with zero attached hydrogens (tertiary/aromatic N) is 3. The average Bonchev–Trinajstić information content (AvgIpc) is 2.95. The van der Waals surface area contributed by atoms with Gasteiger partial charge in [-0.2, -0.15) is 0 Å². The normalized spacial score (nSPS) is 10.4. The average molecular weight is 289 g/mol. The van der Waals surface area contributed by atoms with E-state index < -0.39 is 0 Å². The van der Waals surface area contributed by atoms with Crippen molar-refractivity contribution in [2.24, 2.45) is 5.73 Å². The first kappa shape index (κ1) is 15.0. The summed E-state index contributed by atoms with van der Waals surface area (Å²) in [7, 11) is 0. The van der Waals surface area contributed by atoms with Gasteiger partial charge in [0, 0.05) is 18.3 Å². The van der Waals surface area contributed by atoms with Gasteiger partial charge in [-0.05, 0) is 18.6 Å². The summed E-state index contributed by atoms with van der Waals surface area (Å²) >= 11 is 0. The van der Waals surface area contributed by atoms with E-state index in [-0.39, 0.29) is 11.6 Å². The minimum atomic E-state index is -0.314. The van der Waals surface area contributed by atoms with E-state index in [1.807, 2.05) is 19.1 Å². The lowest BCUT2D eigenvalue weighted by atomic mass is 10.3. The van der Waals surface area contributed by atoms with E-state index in [4.69, 9.17) is 10.5 Å². The van der Waals surface area contributed by atoms with Gasteiger partial charge in [-0.3, -0.25) is 9.48 Å². The van der Waals surface area contributed by atoms with Crippen molar-refractivity contribution in [3.05, 3.63) is 36.2 Å². The van der Waals surface area contributed by atoms with E-state index in [0.29, 0.717) is 25.4 Å². The zero-order valence-electron chi connectivity index (χ0n) is 12.0. The van der Waals surface area contributed by atoms with Crippen LogP contribution in [0.1, 0.15) is 23.8 Å². The third kappa shape index (κ3) is 4.28. The maximum Gasteiger partial charge on any atom is 0.277 e. The Morgan fingerprint density at radius 1 is 1.48 bits per heavy atom. The molecule has 1 aromatic carbocycles. The molecule has 1 heterocycles. The Labute approximate surface area is 123 Å². The monoisotopic (exact) mass is 289 g/mol. The number of carbonyl (C=O) groups is 1. The van der Waals surface area contributed by atoms with Crippen LogP contribution in [0.3, 0.4) is 0 Å². The molecule has 112 valence electrons. The van der Waals surface area contributed by atoms with Gasteiger partial charge in [0.25, 0.3) is 5.91 Å². The summed E-state index contributed by atoms with van der Waals surface area (Å²) in [5.74, 6) is 0.410. The second-order valence-electron chi connectivity index (χ2n) is 4.49. The van der Waals surface area contributed by atoms with Crippen LogP contribution in [0.25, 0.3) is 0 Å². The molecule has 0 radical (unpaired) electrons. The van der Waals surface area contributed by atoms with Gasteiger partial charge in [-0.15, -0.1) is 5.10 Å². The molecule has 0 aliphatic rings. The number of nitrogens with two attached hydrogens (primary N) is 1. The molecular formula is C14H19N5O2. The Morgan fingerprint density at radius 3 is 3.10 bits per heavy atom. The Kier molecular flexibility index (Phi) is 5.28. The van der Waals surface area contributed by atoms with Gasteiger partial charge in [0.2, 0.25) is 0 Å². The van der Waals surface area contributed by atoms with Crippen LogP contribution in [-0.4, -0.2) is 34.1 Å². The predicted molar refractivity (Wildman–Crippen MR) is 79.3 cm³/mol. The first-order valence-corrected chi connectivity index (χ1v) is 6.87. The summed E-state index contributed by atoms with van der Waals surface area (Å²) < 4.78 is 7.06. The second-order valence-corrected chi connectivity index (χ2v) is 4.49. The van der Waals surface area contributed by atoms with Gasteiger partial charge >= 0.3 is 0 Å². The van der Waals surface area contributed by atoms with E-state index >= 15 is 0 Å². The van der Waals surface area contributed by atoms with Crippen molar-refractivity contribution in [3.8, 4) is 5.75 Å². The number of anilines is 1. The van der Waals surface area contributed by atoms with E-state index in [1.54, 1.807) is 18.3 Å². The topological polar surface area (TPSA) is 95.1 Å². The summed E-state index contributed by atoms with van der Waals surface area (Å²) in [6.45, 7) is 3.66. The molecule has 0 saturated carbocycles. The van der Waals surface area contributed by atoms with Gasteiger partial charge < -0.3 is 15.8 Å². The number of hydrogen-bond acceptors (Lipinski definition) is 5. The van der Waals surface area contributed by atoms with Crippen molar-refractivity contribution >= 4 is 11.6 Å². The third-order valence-corrected chi connectivity index (χ3v) is 2.69. The fourth-order valence-electron chi connectivity index (χ4n) is 1.72. The molecule has 21 heavy (non-hydrogen) atoms. The number of hydrogen-bond donors (Lipinski definition) is 2. The molecule has 0 saturated heterocycles. The molecule has 3 N–H and O–H groups in total. The standard InChI is InChI=1S/C14H19N5O2/c1-2-8-21-12-5-3-4-11(9-12)16-14(20)13-10-19(7-6-15)18-17-13/h3-5,9-10H,2,6-8,15H2,1H3,(H,16,20). The van der Waals surface area contributed by atoms with Crippen LogP contribution in [-0.2, 0) is 6.54 Å². The molecule has 0 fully saturated rings. The maximum atomic E-state index is 12.1. The Bertz CT molecular complexity index is 597. The van der Waals surface area contributed by atoms with E-state index in [0.717, 1.165) is 12.2 Å². The Balaban J connectivity index is 2.01. The number of carbonyl (C=O) groups excluding carboxylic acids is 1. The van der Waals surface area contributed by atoms with Crippen molar-refractivity contribution in [2.75, 3.05) is 18.5 Å². The molecule has 0 atom stereocenters. The number of nitrogens with one attached hydrogen (secondary N) is 1. The minimum absolute atomic E-state index is 0.253. The van der Waals surface area contributed by atoms with Crippen LogP contribution in [0.15, 0.2) is 30.5 Å². The summed E-state index contributed by atoms with van der Waals surface area (Å²) in [4.78, 5) is 12.1. The molecule has 0 spiro atoms. The zero-order valence-corrected chi connectivity index (χ0v) is 12.0. The molecule has 7 nitrogen and oxygen atoms in total. The predicted octanol–water partition coefficient (Wildman–Crippen LogP) is 1.28. The molecule has 2 aromatic rings. The number of ether oxygens (including phenoxy) is 1. The molecule has 1 amide bonds. The van der Waals surface area contributed by atoms with Crippen molar-refractivity contribution in [1.29, 1.82) is 0 Å². The summed E-state index contributed by atoms with van der Waals surface area (Å²) in [6.07, 6.45) is 2.50. The van der Waals surface area contributed by atoms with Crippen molar-refractivity contribution in [3.63, 3.8) is 0 Å². The number of amides is 1. The lowest BCUT2D eigenvalue weighted by molar-refractivity contribution is 0.102. The summed E-state index contributed by atoms with van der Waals surface area (Å²) in [5, 5.41) is 10.4. The molecule has 0 unspecified atom stereocenters. The number of aromatic nitrogens is 3. The lowest BCUT2D eigenvalue weighted by Crippen LogP contribution is -2.13. The maximum absolute atomic E-state index is 12.1. The largest absolute Gasteiger partial charge is 0.494 e. The molecule has 0 bridgehead atoms. The van der Waals surface area contributed by atoms with E-state index in [9.17, 15) is 4.79 Å². The van der Waals surface area contributed by atoms with Crippen LogP contribution in [0.4, 0.5) is 5.69 Å². The van der Waals surface area contributed by atoms with Crippen LogP contribution < -0.4 is 15.8 Å². The molecule has 2 rings (SSSR count). The highest BCUT2D eigenvalue weighted by Crippen LogP contribution is 2.18. The summed E-state index contributed by atoms with van der Waals surface area (Å²) in [6, 6.07) is 7.24. The first-order valence-electron chi connectivity index (χ1n) is 6.87. The Morgan fingerprint density at radius 2 is 2.33 bits per heavy atom. The number of rotatable bonds is 7. The second kappa shape index (κ2) is 7.39. The first-order chi connectivity index (χ1) is 10.2. The van der Waals surface area contributed by atoms with Crippen LogP contribution >= 0.6 is 0 Å². The van der Waals surface area contributed by atoms with Crippen molar-refractivity contribution in [2.45, 2.75) is 19.9 Å². The van der Waals surface area contributed by atoms with Gasteiger partial charge in [0.1, 0.15) is 5.75 Å². The van der Waals surface area contributed by atoms with Crippen LogP contribution in [0.2, 0.25) is 0 Å². The van der Waals surface area contributed by atoms with Crippen LogP contribution in [0.5, 0.6) is 5.75 Å². The molecule has 0 aliphatic heterocycles. The highest BCUT2D eigenvalue weighted by molar-refractivity contribution is 6.02. The van der Waals surface area contributed by atoms with Gasteiger partial charge in [0.05, 0.1) is 19.3 Å². The fraction of sp³-hybridized carbons (Fsp3) is 0.357. The third-order valence-electron chi connectivity index (χ3n) is 2.69. The summed E-state index contributed by atoms with van der Waals surface area (Å²) in [5.41, 5.74) is 6.33. The van der Waals surface area contributed by atoms with Crippen molar-refractivity contribution in [1.82, 2.24) is 15.0 Å². The zero-order chi connectivity index (χ0) is 15.1. The number of benzene rings is 1. The van der Waals surface area contributed by atoms with E-state index in [1.165, 1.54) is 4.68 Å². The highest BCUT2D eigenvalue weighted by atomic mass is 16.5. The molecular weight excluding hydrogens is 270 g/mol. The smallest absolute Gasteiger partial charge is 0.277 e. The fourth-order valence-corrected chi connectivity index (χ4v) is 1.72. The van der Waals surface area contributed by atoms with Gasteiger partial charge in [-0.25, -0.2) is 0 Å². The molecule has 0 aliphatic carbocycles.